The Balaban J connectivity index is 2.38. The van der Waals surface area contributed by atoms with Gasteiger partial charge in [0.1, 0.15) is 12.4 Å². The van der Waals surface area contributed by atoms with Crippen molar-refractivity contribution in [1.29, 1.82) is 0 Å². The second kappa shape index (κ2) is 9.94. The largest absolute Gasteiger partial charge is 0.493 e. The van der Waals surface area contributed by atoms with Gasteiger partial charge >= 0.3 is 0 Å². The third-order valence-corrected chi connectivity index (χ3v) is 2.88. The van der Waals surface area contributed by atoms with E-state index >= 15 is 0 Å². The van der Waals surface area contributed by atoms with E-state index in [-0.39, 0.29) is 11.6 Å². The van der Waals surface area contributed by atoms with Gasteiger partial charge in [0.2, 0.25) is 0 Å². The third kappa shape index (κ3) is 6.31. The monoisotopic (exact) mass is 361 g/mol. The van der Waals surface area contributed by atoms with Gasteiger partial charge in [-0.25, -0.2) is 0 Å². The van der Waals surface area contributed by atoms with E-state index in [2.05, 4.69) is 9.47 Å². The average molecular weight is 362 g/mol. The molecule has 0 aliphatic rings. The van der Waals surface area contributed by atoms with E-state index in [1.807, 2.05) is 0 Å². The SMILES string of the molecule is [2H]c1c([2H])c(C)c([2H])c(OCC(O)C([2H])([2H])CC([2H])([2H])Cc2c([2H])c([2H])c(OC([2H])([2H])[2H])c(OC([2H])([2H])[2H])c2[2H])c1[2H]. The molecule has 0 aromatic heterocycles. The number of hydrogen-bond donors (Lipinski definition) is 1. The zero-order valence-corrected chi connectivity index (χ0v) is 13.4. The van der Waals surface area contributed by atoms with Crippen molar-refractivity contribution in [3.63, 3.8) is 0 Å². The highest BCUT2D eigenvalue weighted by Crippen LogP contribution is 2.28. The Labute approximate surface area is 174 Å². The molecular weight excluding hydrogens is 316 g/mol. The molecule has 0 aliphatic heterocycles. The second-order valence-corrected chi connectivity index (χ2v) is 4.80. The van der Waals surface area contributed by atoms with Crippen LogP contribution in [-0.2, 0) is 6.42 Å². The summed E-state index contributed by atoms with van der Waals surface area (Å²) in [5.41, 5.74) is -0.599. The van der Waals surface area contributed by atoms with Crippen LogP contribution in [0, 0.1) is 6.92 Å². The van der Waals surface area contributed by atoms with E-state index in [1.165, 1.54) is 6.92 Å². The standard InChI is InChI=1S/C21H28O4/c1-16-7-6-10-19(13-16)25-15-18(22)9-5-4-8-17-11-12-20(23-2)21(14-17)24-3/h6-7,10-14,18,22H,4-5,8-9,15H2,1-3H3/i2D3,3D3,4D2,6D,7D,9D2,10D,11D,12D,13D,14D. The molecule has 0 aliphatic carbocycles. The quantitative estimate of drug-likeness (QED) is 0.690. The Morgan fingerprint density at radius 3 is 2.84 bits per heavy atom. The van der Waals surface area contributed by atoms with Crippen LogP contribution < -0.4 is 14.2 Å². The van der Waals surface area contributed by atoms with E-state index in [0.717, 1.165) is 0 Å². The average Bonchev–Trinajstić information content (AvgIpc) is 2.82. The van der Waals surface area contributed by atoms with Crippen LogP contribution in [0.5, 0.6) is 17.2 Å². The van der Waals surface area contributed by atoms with Gasteiger partial charge in [0, 0.05) is 5.48 Å². The van der Waals surface area contributed by atoms with Crippen molar-refractivity contribution in [3.05, 3.63) is 53.4 Å². The van der Waals surface area contributed by atoms with Gasteiger partial charge in [0.15, 0.2) is 11.5 Å². The molecule has 2 aromatic rings. The first kappa shape index (κ1) is 6.51. The topological polar surface area (TPSA) is 47.9 Å². The Bertz CT molecular complexity index is 1290. The predicted molar refractivity (Wildman–Crippen MR) is 99.8 cm³/mol. The highest BCUT2D eigenvalue weighted by atomic mass is 16.5. The molecule has 4 nitrogen and oxygen atoms in total. The van der Waals surface area contributed by atoms with E-state index in [1.54, 1.807) is 0 Å². The molecule has 1 unspecified atom stereocenters. The fraction of sp³-hybridized carbons (Fsp3) is 0.429. The molecule has 0 heterocycles. The summed E-state index contributed by atoms with van der Waals surface area (Å²) in [6, 6.07) is -4.83. The predicted octanol–water partition coefficient (Wildman–Crippen LogP) is 4.16. The molecule has 0 fully saturated rings. The van der Waals surface area contributed by atoms with Crippen LogP contribution in [0.25, 0.3) is 0 Å². The lowest BCUT2D eigenvalue weighted by Crippen LogP contribution is -2.17. The summed E-state index contributed by atoms with van der Waals surface area (Å²) < 4.78 is 147. The third-order valence-electron chi connectivity index (χ3n) is 2.88. The normalized spacial score (nSPS) is 23.8. The van der Waals surface area contributed by atoms with Crippen LogP contribution in [0.4, 0.5) is 0 Å². The number of aliphatic hydroxyl groups is 1. The van der Waals surface area contributed by atoms with Crippen molar-refractivity contribution in [3.8, 4) is 17.2 Å². The van der Waals surface area contributed by atoms with Gasteiger partial charge in [-0.1, -0.05) is 24.5 Å². The van der Waals surface area contributed by atoms with Gasteiger partial charge in [-0.3, -0.25) is 0 Å². The number of hydrogen-bond acceptors (Lipinski definition) is 4. The lowest BCUT2D eigenvalue weighted by Gasteiger charge is -2.13. The molecule has 0 amide bonds. The van der Waals surface area contributed by atoms with Crippen LogP contribution in [0.3, 0.4) is 0 Å². The summed E-state index contributed by atoms with van der Waals surface area (Å²) in [7, 11) is -6.48. The van der Waals surface area contributed by atoms with Gasteiger partial charge < -0.3 is 19.3 Å². The minimum absolute atomic E-state index is 0.0168. The van der Waals surface area contributed by atoms with Gasteiger partial charge in [-0.15, -0.1) is 0 Å². The minimum atomic E-state index is -3.26. The fourth-order valence-corrected chi connectivity index (χ4v) is 1.73. The van der Waals surface area contributed by atoms with E-state index in [9.17, 15) is 5.11 Å². The molecule has 0 bridgehead atoms. The van der Waals surface area contributed by atoms with Crippen LogP contribution in [0.2, 0.25) is 0 Å². The molecular formula is C21H28O4. The number of benzene rings is 2. The molecule has 25 heavy (non-hydrogen) atoms. The Kier molecular flexibility index (Phi) is 2.59. The van der Waals surface area contributed by atoms with Crippen molar-refractivity contribution in [1.82, 2.24) is 0 Å². The fourth-order valence-electron chi connectivity index (χ4n) is 1.73. The van der Waals surface area contributed by atoms with Crippen LogP contribution in [0.15, 0.2) is 42.3 Å². The summed E-state index contributed by atoms with van der Waals surface area (Å²) in [5, 5.41) is 10.5. The first-order chi connectivity index (χ1) is 18.8. The van der Waals surface area contributed by atoms with E-state index in [4.69, 9.17) is 28.0 Å². The zero-order valence-electron chi connectivity index (χ0n) is 30.4. The minimum Gasteiger partial charge on any atom is -0.493 e. The van der Waals surface area contributed by atoms with Gasteiger partial charge in [-0.2, -0.15) is 0 Å². The Morgan fingerprint density at radius 2 is 2.00 bits per heavy atom. The molecule has 0 saturated carbocycles. The second-order valence-electron chi connectivity index (χ2n) is 4.80. The Hall–Kier alpha value is -2.20. The molecule has 136 valence electrons. The molecule has 0 spiro atoms. The molecule has 2 aromatic carbocycles. The van der Waals surface area contributed by atoms with Crippen LogP contribution in [-0.4, -0.2) is 31.9 Å². The zero-order chi connectivity index (χ0) is 32.7. The lowest BCUT2D eigenvalue weighted by atomic mass is 10.0. The highest BCUT2D eigenvalue weighted by molar-refractivity contribution is 5.42. The number of ether oxygens (including phenoxy) is 3. The number of rotatable bonds is 10. The molecule has 4 heteroatoms. The van der Waals surface area contributed by atoms with Crippen molar-refractivity contribution >= 4 is 0 Å². The van der Waals surface area contributed by atoms with E-state index in [0.29, 0.717) is 0 Å². The maximum atomic E-state index is 10.5. The summed E-state index contributed by atoms with van der Waals surface area (Å²) >= 11 is 0. The van der Waals surface area contributed by atoms with Crippen molar-refractivity contribution in [2.45, 2.75) is 38.6 Å². The van der Waals surface area contributed by atoms with Crippen molar-refractivity contribution in [2.75, 3.05) is 20.7 Å². The number of methoxy groups -OCH3 is 2. The smallest absolute Gasteiger partial charge is 0.160 e. The number of aliphatic hydroxyl groups excluding tert-OH is 1. The van der Waals surface area contributed by atoms with Crippen molar-refractivity contribution in [2.24, 2.45) is 0 Å². The first-order valence-corrected chi connectivity index (χ1v) is 7.18. The molecule has 1 N–H and O–H groups in total. The summed E-state index contributed by atoms with van der Waals surface area (Å²) in [4.78, 5) is 0. The lowest BCUT2D eigenvalue weighted by molar-refractivity contribution is 0.0976. The first-order valence-electron chi connectivity index (χ1n) is 15.7. The highest BCUT2D eigenvalue weighted by Gasteiger charge is 2.07. The molecule has 0 saturated heterocycles. The molecule has 2 rings (SSSR count). The van der Waals surface area contributed by atoms with Gasteiger partial charge in [0.05, 0.1) is 38.0 Å². The van der Waals surface area contributed by atoms with Crippen LogP contribution >= 0.6 is 0 Å². The summed E-state index contributed by atoms with van der Waals surface area (Å²) in [5.74, 6) is -2.57. The van der Waals surface area contributed by atoms with Crippen LogP contribution in [0.1, 0.15) is 53.6 Å². The molecule has 0 radical (unpaired) electrons. The summed E-state index contributed by atoms with van der Waals surface area (Å²) in [6.45, 7) is 0.470. The Morgan fingerprint density at radius 1 is 1.16 bits per heavy atom. The maximum absolute atomic E-state index is 10.5. The summed E-state index contributed by atoms with van der Waals surface area (Å²) in [6.07, 6.45) is -9.53. The van der Waals surface area contributed by atoms with E-state index < -0.39 is 111 Å². The maximum Gasteiger partial charge on any atom is 0.160 e. The van der Waals surface area contributed by atoms with Gasteiger partial charge in [-0.05, 0) is 61.4 Å². The van der Waals surface area contributed by atoms with Crippen molar-refractivity contribution < 1.29 is 42.6 Å². The molecule has 1 atom stereocenters. The van der Waals surface area contributed by atoms with Gasteiger partial charge in [0.25, 0.3) is 0 Å².